The number of aromatic nitrogens is 1. The minimum absolute atomic E-state index is 0.00678. The predicted octanol–water partition coefficient (Wildman–Crippen LogP) is 3.27. The Bertz CT molecular complexity index is 804. The van der Waals surface area contributed by atoms with E-state index in [1.165, 1.54) is 37.8 Å². The zero-order valence-electron chi connectivity index (χ0n) is 19.1. The van der Waals surface area contributed by atoms with Crippen LogP contribution in [0.1, 0.15) is 62.0 Å². The van der Waals surface area contributed by atoms with Crippen molar-refractivity contribution < 1.29 is 4.79 Å². The molecule has 2 heterocycles. The quantitative estimate of drug-likeness (QED) is 0.576. The van der Waals surface area contributed by atoms with E-state index >= 15 is 0 Å². The van der Waals surface area contributed by atoms with Gasteiger partial charge in [0.1, 0.15) is 11.6 Å². The average molecular weight is 412 g/mol. The lowest BCUT2D eigenvalue weighted by Crippen LogP contribution is -2.49. The average Bonchev–Trinajstić information content (AvgIpc) is 3.01. The van der Waals surface area contributed by atoms with E-state index in [0.29, 0.717) is 6.04 Å². The molecular formula is C24H37N5O. The molecule has 0 aromatic carbocycles. The van der Waals surface area contributed by atoms with Gasteiger partial charge in [0, 0.05) is 56.2 Å². The molecule has 2 fully saturated rings. The fraction of sp³-hybridized carbons (Fsp3) is 0.667. The van der Waals surface area contributed by atoms with Gasteiger partial charge >= 0.3 is 0 Å². The highest BCUT2D eigenvalue weighted by Gasteiger charge is 2.21. The lowest BCUT2D eigenvalue weighted by molar-refractivity contribution is -0.117. The summed E-state index contributed by atoms with van der Waals surface area (Å²) in [4.78, 5) is 17.4. The fourth-order valence-corrected chi connectivity index (χ4v) is 4.92. The van der Waals surface area contributed by atoms with Crippen molar-refractivity contribution in [3.05, 3.63) is 28.6 Å². The summed E-state index contributed by atoms with van der Waals surface area (Å²) in [5, 5.41) is 12.7. The molecule has 1 N–H and O–H groups in total. The van der Waals surface area contributed by atoms with Gasteiger partial charge in [0.15, 0.2) is 0 Å². The van der Waals surface area contributed by atoms with E-state index < -0.39 is 0 Å². The van der Waals surface area contributed by atoms with Crippen LogP contribution in [0.4, 0.5) is 0 Å². The monoisotopic (exact) mass is 411 g/mol. The van der Waals surface area contributed by atoms with Gasteiger partial charge in [-0.3, -0.25) is 9.69 Å². The number of hydrogen-bond donors (Lipinski definition) is 1. The number of rotatable bonds is 6. The van der Waals surface area contributed by atoms with Crippen LogP contribution in [0.2, 0.25) is 0 Å². The van der Waals surface area contributed by atoms with Crippen molar-refractivity contribution in [3.63, 3.8) is 0 Å². The maximum absolute atomic E-state index is 12.8. The summed E-state index contributed by atoms with van der Waals surface area (Å²) in [6.45, 7) is 11.2. The zero-order chi connectivity index (χ0) is 21.7. The summed E-state index contributed by atoms with van der Waals surface area (Å²) >= 11 is 0. The smallest absolute Gasteiger partial charge is 0.262 e. The first-order valence-corrected chi connectivity index (χ1v) is 11.4. The van der Waals surface area contributed by atoms with Crippen LogP contribution < -0.4 is 5.32 Å². The third-order valence-corrected chi connectivity index (χ3v) is 6.63. The summed E-state index contributed by atoms with van der Waals surface area (Å²) in [6.07, 6.45) is 8.09. The van der Waals surface area contributed by atoms with Crippen LogP contribution >= 0.6 is 0 Å². The number of carbonyl (C=O) groups is 1. The summed E-state index contributed by atoms with van der Waals surface area (Å²) in [6, 6.07) is 4.79. The Hall–Kier alpha value is -2.10. The second kappa shape index (κ2) is 10.3. The topological polar surface area (TPSA) is 64.3 Å². The zero-order valence-corrected chi connectivity index (χ0v) is 19.1. The second-order valence-electron chi connectivity index (χ2n) is 9.14. The van der Waals surface area contributed by atoms with Crippen molar-refractivity contribution in [3.8, 4) is 6.07 Å². The number of amides is 1. The van der Waals surface area contributed by atoms with E-state index in [4.69, 9.17) is 0 Å². The van der Waals surface area contributed by atoms with E-state index in [2.05, 4.69) is 52.7 Å². The minimum atomic E-state index is -0.276. The largest absolute Gasteiger partial charge is 0.348 e. The summed E-state index contributed by atoms with van der Waals surface area (Å²) < 4.78 is 2.41. The molecule has 2 aliphatic rings. The van der Waals surface area contributed by atoms with E-state index in [9.17, 15) is 10.1 Å². The molecule has 6 nitrogen and oxygen atoms in total. The lowest BCUT2D eigenvalue weighted by Gasteiger charge is -2.34. The third-order valence-electron chi connectivity index (χ3n) is 6.63. The SMILES string of the molecule is Cc1cc(/C=C(\C#N)C(=O)NC(C)CN2CCN(C)CC2)c(C)n1C1CCCCC1. The number of aryl methyl sites for hydroxylation is 1. The van der Waals surface area contributed by atoms with Gasteiger partial charge in [-0.25, -0.2) is 0 Å². The molecule has 6 heteroatoms. The highest BCUT2D eigenvalue weighted by Crippen LogP contribution is 2.32. The molecular weight excluding hydrogens is 374 g/mol. The highest BCUT2D eigenvalue weighted by atomic mass is 16.1. The highest BCUT2D eigenvalue weighted by molar-refractivity contribution is 6.02. The van der Waals surface area contributed by atoms with E-state index in [-0.39, 0.29) is 17.5 Å². The van der Waals surface area contributed by atoms with Crippen LogP contribution in [0.25, 0.3) is 6.08 Å². The van der Waals surface area contributed by atoms with Gasteiger partial charge < -0.3 is 14.8 Å². The van der Waals surface area contributed by atoms with Crippen LogP contribution in [0, 0.1) is 25.2 Å². The van der Waals surface area contributed by atoms with Crippen molar-refractivity contribution in [2.75, 3.05) is 39.8 Å². The molecule has 1 unspecified atom stereocenters. The lowest BCUT2D eigenvalue weighted by atomic mass is 9.95. The molecule has 0 bridgehead atoms. The number of nitrogens with one attached hydrogen (secondary N) is 1. The van der Waals surface area contributed by atoms with Crippen LogP contribution in [0.15, 0.2) is 11.6 Å². The van der Waals surface area contributed by atoms with E-state index in [0.717, 1.165) is 44.0 Å². The van der Waals surface area contributed by atoms with Crippen molar-refractivity contribution in [1.82, 2.24) is 19.7 Å². The number of carbonyl (C=O) groups excluding carboxylic acids is 1. The van der Waals surface area contributed by atoms with Crippen molar-refractivity contribution >= 4 is 12.0 Å². The van der Waals surface area contributed by atoms with Gasteiger partial charge in [0.25, 0.3) is 5.91 Å². The molecule has 1 saturated heterocycles. The molecule has 1 aromatic heterocycles. The van der Waals surface area contributed by atoms with Crippen molar-refractivity contribution in [1.29, 1.82) is 5.26 Å². The maximum atomic E-state index is 12.8. The van der Waals surface area contributed by atoms with Gasteiger partial charge in [-0.1, -0.05) is 19.3 Å². The van der Waals surface area contributed by atoms with E-state index in [1.54, 1.807) is 6.08 Å². The molecule has 164 valence electrons. The Balaban J connectivity index is 1.66. The first kappa shape index (κ1) is 22.6. The van der Waals surface area contributed by atoms with Crippen LogP contribution in [-0.2, 0) is 4.79 Å². The standard InChI is InChI=1S/C24H37N5O/c1-18(17-28-12-10-27(4)11-13-28)26-24(30)22(16-25)15-21-14-19(2)29(20(21)3)23-8-6-5-7-9-23/h14-15,18,23H,5-13,17H2,1-4H3,(H,26,30)/b22-15+. The molecule has 1 aliphatic heterocycles. The third kappa shape index (κ3) is 5.53. The number of piperazine rings is 1. The number of hydrogen-bond acceptors (Lipinski definition) is 4. The van der Waals surface area contributed by atoms with Crippen LogP contribution in [0.5, 0.6) is 0 Å². The minimum Gasteiger partial charge on any atom is -0.348 e. The second-order valence-corrected chi connectivity index (χ2v) is 9.14. The Labute approximate surface area is 181 Å². The van der Waals surface area contributed by atoms with Crippen LogP contribution in [0.3, 0.4) is 0 Å². The van der Waals surface area contributed by atoms with Crippen LogP contribution in [-0.4, -0.2) is 66.1 Å². The maximum Gasteiger partial charge on any atom is 0.262 e. The molecule has 1 saturated carbocycles. The Kier molecular flexibility index (Phi) is 7.74. The fourth-order valence-electron chi connectivity index (χ4n) is 4.92. The first-order chi connectivity index (χ1) is 14.4. The number of nitriles is 1. The number of nitrogens with zero attached hydrogens (tertiary/aromatic N) is 4. The van der Waals surface area contributed by atoms with Gasteiger partial charge in [0.2, 0.25) is 0 Å². The number of likely N-dealkylation sites (N-methyl/N-ethyl adjacent to an activating group) is 1. The Morgan fingerprint density at radius 1 is 1.23 bits per heavy atom. The Morgan fingerprint density at radius 3 is 2.53 bits per heavy atom. The molecule has 3 rings (SSSR count). The van der Waals surface area contributed by atoms with Gasteiger partial charge in [-0.2, -0.15) is 5.26 Å². The van der Waals surface area contributed by atoms with Crippen molar-refractivity contribution in [2.45, 2.75) is 65.0 Å². The van der Waals surface area contributed by atoms with Gasteiger partial charge in [-0.05, 0) is 58.4 Å². The first-order valence-electron chi connectivity index (χ1n) is 11.4. The molecule has 1 atom stereocenters. The summed E-state index contributed by atoms with van der Waals surface area (Å²) in [7, 11) is 2.14. The van der Waals surface area contributed by atoms with E-state index in [1.807, 2.05) is 6.92 Å². The molecule has 0 spiro atoms. The normalized spacial score (nSPS) is 20.7. The molecule has 30 heavy (non-hydrogen) atoms. The summed E-state index contributed by atoms with van der Waals surface area (Å²) in [5.41, 5.74) is 3.54. The predicted molar refractivity (Wildman–Crippen MR) is 121 cm³/mol. The summed E-state index contributed by atoms with van der Waals surface area (Å²) in [5.74, 6) is -0.276. The molecule has 1 aliphatic carbocycles. The molecule has 1 aromatic rings. The Morgan fingerprint density at radius 2 is 1.90 bits per heavy atom. The van der Waals surface area contributed by atoms with Gasteiger partial charge in [0.05, 0.1) is 0 Å². The van der Waals surface area contributed by atoms with Gasteiger partial charge in [-0.15, -0.1) is 0 Å². The molecule has 1 amide bonds. The molecule has 0 radical (unpaired) electrons. The van der Waals surface area contributed by atoms with Crippen molar-refractivity contribution in [2.24, 2.45) is 0 Å².